The van der Waals surface area contributed by atoms with Crippen LogP contribution in [-0.4, -0.2) is 41.6 Å². The Morgan fingerprint density at radius 2 is 1.90 bits per heavy atom. The molecule has 156 valence electrons. The van der Waals surface area contributed by atoms with Gasteiger partial charge in [-0.2, -0.15) is 0 Å². The van der Waals surface area contributed by atoms with E-state index >= 15 is 0 Å². The maximum atomic E-state index is 12.5. The highest BCUT2D eigenvalue weighted by molar-refractivity contribution is 5.74. The van der Waals surface area contributed by atoms with Gasteiger partial charge in [-0.1, -0.05) is 43.7 Å². The molecule has 1 aromatic carbocycles. The Morgan fingerprint density at radius 1 is 1.21 bits per heavy atom. The van der Waals surface area contributed by atoms with E-state index in [-0.39, 0.29) is 17.5 Å². The highest BCUT2D eigenvalue weighted by Gasteiger charge is 2.26. The minimum atomic E-state index is -0.104. The predicted molar refractivity (Wildman–Crippen MR) is 118 cm³/mol. The van der Waals surface area contributed by atoms with Crippen molar-refractivity contribution < 1.29 is 4.79 Å². The molecule has 0 bridgehead atoms. The highest BCUT2D eigenvalue weighted by atomic mass is 16.2. The molecule has 5 nitrogen and oxygen atoms in total. The number of benzene rings is 1. The third-order valence-electron chi connectivity index (χ3n) is 6.09. The van der Waals surface area contributed by atoms with Crippen molar-refractivity contribution in [3.63, 3.8) is 0 Å². The van der Waals surface area contributed by atoms with Crippen molar-refractivity contribution in [3.8, 4) is 0 Å². The Hall–Kier alpha value is -2.40. The van der Waals surface area contributed by atoms with Gasteiger partial charge in [0.1, 0.15) is 0 Å². The molecule has 0 saturated carbocycles. The quantitative estimate of drug-likeness (QED) is 0.772. The van der Waals surface area contributed by atoms with Crippen LogP contribution in [0.4, 0.5) is 4.79 Å². The summed E-state index contributed by atoms with van der Waals surface area (Å²) in [5.74, 6) is 0. The van der Waals surface area contributed by atoms with E-state index in [0.717, 1.165) is 25.9 Å². The Balaban J connectivity index is 1.44. The summed E-state index contributed by atoms with van der Waals surface area (Å²) in [5.41, 5.74) is 3.68. The van der Waals surface area contributed by atoms with Gasteiger partial charge in [0, 0.05) is 49.5 Å². The number of nitrogens with zero attached hydrogens (tertiary/aromatic N) is 2. The molecule has 1 saturated heterocycles. The monoisotopic (exact) mass is 394 g/mol. The molecule has 1 aliphatic heterocycles. The third-order valence-corrected chi connectivity index (χ3v) is 6.09. The molecule has 1 atom stereocenters. The highest BCUT2D eigenvalue weighted by Crippen LogP contribution is 2.24. The first-order chi connectivity index (χ1) is 13.8. The number of likely N-dealkylation sites (tertiary alicyclic amines) is 1. The number of hydrogen-bond acceptors (Lipinski definition) is 3. The normalized spacial score (nSPS) is 17.0. The molecular weight excluding hydrogens is 360 g/mol. The van der Waals surface area contributed by atoms with Gasteiger partial charge in [0.2, 0.25) is 0 Å². The van der Waals surface area contributed by atoms with Crippen LogP contribution in [0.25, 0.3) is 0 Å². The van der Waals surface area contributed by atoms with Crippen molar-refractivity contribution in [1.82, 2.24) is 20.5 Å². The maximum Gasteiger partial charge on any atom is 0.315 e. The van der Waals surface area contributed by atoms with Crippen LogP contribution in [0, 0.1) is 6.92 Å². The number of carbonyl (C=O) groups is 1. The molecule has 5 heteroatoms. The standard InChI is InChI=1S/C24H34N4O/c1-18-6-5-7-21(16-18)24(3,4)17-26-23(29)27-22-10-14-28(15-11-22)19(2)20-8-12-25-13-9-20/h5-9,12-13,16,19,22H,10-11,14-15,17H2,1-4H3,(H2,26,27,29). The molecule has 1 aliphatic rings. The lowest BCUT2D eigenvalue weighted by Crippen LogP contribution is -2.50. The van der Waals surface area contributed by atoms with Crippen molar-refractivity contribution in [2.24, 2.45) is 0 Å². The SMILES string of the molecule is Cc1cccc(C(C)(C)CNC(=O)NC2CCN(C(C)c3ccncc3)CC2)c1. The van der Waals surface area contributed by atoms with E-state index in [0.29, 0.717) is 12.6 Å². The smallest absolute Gasteiger partial charge is 0.315 e. The lowest BCUT2D eigenvalue weighted by Gasteiger charge is -2.36. The summed E-state index contributed by atoms with van der Waals surface area (Å²) >= 11 is 0. The molecular formula is C24H34N4O. The van der Waals surface area contributed by atoms with E-state index < -0.39 is 0 Å². The van der Waals surface area contributed by atoms with Gasteiger partial charge < -0.3 is 10.6 Å². The summed E-state index contributed by atoms with van der Waals surface area (Å²) < 4.78 is 0. The number of hydrogen-bond donors (Lipinski definition) is 2. The Morgan fingerprint density at radius 3 is 2.55 bits per heavy atom. The van der Waals surface area contributed by atoms with Crippen molar-refractivity contribution in [1.29, 1.82) is 0 Å². The van der Waals surface area contributed by atoms with Gasteiger partial charge in [-0.15, -0.1) is 0 Å². The molecule has 2 heterocycles. The van der Waals surface area contributed by atoms with E-state index in [2.05, 4.69) is 84.6 Å². The van der Waals surface area contributed by atoms with E-state index in [4.69, 9.17) is 0 Å². The van der Waals surface area contributed by atoms with Crippen LogP contribution in [0.5, 0.6) is 0 Å². The summed E-state index contributed by atoms with van der Waals surface area (Å²) in [6.07, 6.45) is 5.65. The Labute approximate surface area is 174 Å². The fraction of sp³-hybridized carbons (Fsp3) is 0.500. The molecule has 1 aromatic heterocycles. The number of rotatable bonds is 6. The van der Waals surface area contributed by atoms with Gasteiger partial charge in [0.05, 0.1) is 0 Å². The molecule has 2 amide bonds. The van der Waals surface area contributed by atoms with Gasteiger partial charge in [0.15, 0.2) is 0 Å². The first-order valence-electron chi connectivity index (χ1n) is 10.6. The topological polar surface area (TPSA) is 57.3 Å². The zero-order valence-corrected chi connectivity index (χ0v) is 18.1. The maximum absolute atomic E-state index is 12.5. The number of nitrogens with one attached hydrogen (secondary N) is 2. The van der Waals surface area contributed by atoms with E-state index in [1.165, 1.54) is 16.7 Å². The molecule has 2 aromatic rings. The molecule has 0 aliphatic carbocycles. The first-order valence-corrected chi connectivity index (χ1v) is 10.6. The predicted octanol–water partition coefficient (Wildman–Crippen LogP) is 4.19. The lowest BCUT2D eigenvalue weighted by molar-refractivity contribution is 0.152. The zero-order chi connectivity index (χ0) is 20.9. The molecule has 3 rings (SSSR count). The minimum absolute atomic E-state index is 0.0636. The van der Waals surface area contributed by atoms with Crippen molar-refractivity contribution in [2.45, 2.75) is 58.0 Å². The minimum Gasteiger partial charge on any atom is -0.337 e. The first kappa shape index (κ1) is 21.3. The third kappa shape index (κ3) is 5.80. The van der Waals surface area contributed by atoms with Crippen molar-refractivity contribution in [2.75, 3.05) is 19.6 Å². The number of aromatic nitrogens is 1. The fourth-order valence-electron chi connectivity index (χ4n) is 3.99. The number of amides is 2. The molecule has 0 spiro atoms. The fourth-order valence-corrected chi connectivity index (χ4v) is 3.99. The van der Waals surface area contributed by atoms with Crippen LogP contribution in [0.3, 0.4) is 0 Å². The Bertz CT molecular complexity index is 798. The van der Waals surface area contributed by atoms with Gasteiger partial charge in [-0.3, -0.25) is 9.88 Å². The van der Waals surface area contributed by atoms with Gasteiger partial charge in [0.25, 0.3) is 0 Å². The average Bonchev–Trinajstić information content (AvgIpc) is 2.73. The number of carbonyl (C=O) groups excluding carboxylic acids is 1. The zero-order valence-electron chi connectivity index (χ0n) is 18.1. The Kier molecular flexibility index (Phi) is 6.91. The molecule has 29 heavy (non-hydrogen) atoms. The summed E-state index contributed by atoms with van der Waals surface area (Å²) in [5, 5.41) is 6.24. The van der Waals surface area contributed by atoms with Gasteiger partial charge in [-0.05, 0) is 49.9 Å². The van der Waals surface area contributed by atoms with Crippen LogP contribution < -0.4 is 10.6 Å². The van der Waals surface area contributed by atoms with Crippen LogP contribution in [0.2, 0.25) is 0 Å². The second-order valence-corrected chi connectivity index (χ2v) is 8.85. The molecule has 1 unspecified atom stereocenters. The van der Waals surface area contributed by atoms with Crippen molar-refractivity contribution in [3.05, 3.63) is 65.5 Å². The molecule has 0 radical (unpaired) electrons. The van der Waals surface area contributed by atoms with Crippen LogP contribution in [0.1, 0.15) is 56.3 Å². The van der Waals surface area contributed by atoms with Crippen LogP contribution in [0.15, 0.2) is 48.8 Å². The summed E-state index contributed by atoms with van der Waals surface area (Å²) in [7, 11) is 0. The molecule has 1 fully saturated rings. The number of pyridine rings is 1. The average molecular weight is 395 g/mol. The number of urea groups is 1. The lowest BCUT2D eigenvalue weighted by atomic mass is 9.84. The summed E-state index contributed by atoms with van der Waals surface area (Å²) in [6, 6.07) is 13.2. The van der Waals surface area contributed by atoms with E-state index in [1.807, 2.05) is 12.4 Å². The summed E-state index contributed by atoms with van der Waals surface area (Å²) in [4.78, 5) is 19.0. The van der Waals surface area contributed by atoms with Gasteiger partial charge in [-0.25, -0.2) is 4.79 Å². The number of aryl methyl sites for hydroxylation is 1. The van der Waals surface area contributed by atoms with Crippen LogP contribution >= 0.6 is 0 Å². The number of piperidine rings is 1. The van der Waals surface area contributed by atoms with Gasteiger partial charge >= 0.3 is 6.03 Å². The second-order valence-electron chi connectivity index (χ2n) is 8.85. The summed E-state index contributed by atoms with van der Waals surface area (Å²) in [6.45, 7) is 11.3. The van der Waals surface area contributed by atoms with E-state index in [9.17, 15) is 4.79 Å². The second kappa shape index (κ2) is 9.40. The molecule has 2 N–H and O–H groups in total. The van der Waals surface area contributed by atoms with Crippen molar-refractivity contribution >= 4 is 6.03 Å². The van der Waals surface area contributed by atoms with E-state index in [1.54, 1.807) is 0 Å². The largest absolute Gasteiger partial charge is 0.337 e. The van der Waals surface area contributed by atoms with Crippen LogP contribution in [-0.2, 0) is 5.41 Å².